The molecule has 98 valence electrons. The molecule has 0 aliphatic rings. The number of nitrogens with zero attached hydrogens (tertiary/aromatic N) is 1. The fourth-order valence-electron chi connectivity index (χ4n) is 1.52. The van der Waals surface area contributed by atoms with Crippen molar-refractivity contribution >= 4 is 17.3 Å². The number of hydrogen-bond acceptors (Lipinski definition) is 3. The van der Waals surface area contributed by atoms with Gasteiger partial charge in [-0.25, -0.2) is 4.39 Å². The number of aryl methyl sites for hydroxylation is 1. The second kappa shape index (κ2) is 5.24. The highest BCUT2D eigenvalue weighted by Gasteiger charge is 2.20. The molecule has 0 fully saturated rings. The van der Waals surface area contributed by atoms with Crippen LogP contribution in [0.25, 0.3) is 0 Å². The maximum Gasteiger partial charge on any atom is 0.329 e. The van der Waals surface area contributed by atoms with Crippen LogP contribution < -0.4 is 4.74 Å². The molecule has 0 saturated heterocycles. The molecule has 0 heterocycles. The second-order valence-corrected chi connectivity index (χ2v) is 4.26. The fourth-order valence-corrected chi connectivity index (χ4v) is 1.75. The van der Waals surface area contributed by atoms with Crippen LogP contribution in [0.1, 0.15) is 5.56 Å². The van der Waals surface area contributed by atoms with Gasteiger partial charge in [-0.05, 0) is 30.7 Å². The summed E-state index contributed by atoms with van der Waals surface area (Å²) >= 11 is 5.75. The Kier molecular flexibility index (Phi) is 3.66. The van der Waals surface area contributed by atoms with Crippen molar-refractivity contribution in [2.24, 2.45) is 0 Å². The van der Waals surface area contributed by atoms with E-state index in [0.29, 0.717) is 5.56 Å². The molecule has 4 nitrogen and oxygen atoms in total. The molecule has 0 spiro atoms. The van der Waals surface area contributed by atoms with Gasteiger partial charge >= 0.3 is 5.69 Å². The van der Waals surface area contributed by atoms with E-state index in [1.165, 1.54) is 36.4 Å². The Balaban J connectivity index is 2.40. The first-order valence-electron chi connectivity index (χ1n) is 5.36. The minimum atomic E-state index is -0.637. The van der Waals surface area contributed by atoms with E-state index in [4.69, 9.17) is 16.3 Å². The van der Waals surface area contributed by atoms with Crippen molar-refractivity contribution in [2.75, 3.05) is 0 Å². The third-order valence-electron chi connectivity index (χ3n) is 2.50. The lowest BCUT2D eigenvalue weighted by molar-refractivity contribution is -0.385. The Morgan fingerprint density at radius 1 is 1.32 bits per heavy atom. The number of nitro benzene ring substituents is 1. The van der Waals surface area contributed by atoms with Crippen molar-refractivity contribution in [3.63, 3.8) is 0 Å². The highest BCUT2D eigenvalue weighted by Crippen LogP contribution is 2.37. The fraction of sp³-hybridized carbons (Fsp3) is 0.0769. The largest absolute Gasteiger partial charge is 0.450 e. The normalized spacial score (nSPS) is 10.3. The van der Waals surface area contributed by atoms with Crippen molar-refractivity contribution in [2.45, 2.75) is 6.92 Å². The summed E-state index contributed by atoms with van der Waals surface area (Å²) in [6.45, 7) is 1.61. The molecule has 0 radical (unpaired) electrons. The van der Waals surface area contributed by atoms with Gasteiger partial charge < -0.3 is 4.74 Å². The molecule has 0 N–H and O–H groups in total. The van der Waals surface area contributed by atoms with E-state index in [1.54, 1.807) is 6.92 Å². The van der Waals surface area contributed by atoms with Crippen molar-refractivity contribution in [3.8, 4) is 11.5 Å². The Bertz CT molecular complexity index is 646. The van der Waals surface area contributed by atoms with Crippen LogP contribution in [0.15, 0.2) is 36.4 Å². The van der Waals surface area contributed by atoms with Gasteiger partial charge in [0.2, 0.25) is 5.75 Å². The highest BCUT2D eigenvalue weighted by molar-refractivity contribution is 6.32. The van der Waals surface area contributed by atoms with Gasteiger partial charge in [0.25, 0.3) is 0 Å². The standard InChI is InChI=1S/C13H9ClFNO3/c1-8-5-6-9(7-11(8)15)19-12-4-2-3-10(14)13(12)16(17)18/h2-7H,1H3. The van der Waals surface area contributed by atoms with E-state index in [0.717, 1.165) is 0 Å². The predicted molar refractivity (Wildman–Crippen MR) is 69.3 cm³/mol. The van der Waals surface area contributed by atoms with Gasteiger partial charge in [0.15, 0.2) is 0 Å². The summed E-state index contributed by atoms with van der Waals surface area (Å²) < 4.78 is 18.7. The van der Waals surface area contributed by atoms with E-state index in [1.807, 2.05) is 0 Å². The summed E-state index contributed by atoms with van der Waals surface area (Å²) in [7, 11) is 0. The maximum absolute atomic E-state index is 13.4. The van der Waals surface area contributed by atoms with E-state index >= 15 is 0 Å². The van der Waals surface area contributed by atoms with Crippen molar-refractivity contribution in [1.82, 2.24) is 0 Å². The van der Waals surface area contributed by atoms with E-state index in [9.17, 15) is 14.5 Å². The number of benzene rings is 2. The second-order valence-electron chi connectivity index (χ2n) is 3.86. The highest BCUT2D eigenvalue weighted by atomic mass is 35.5. The quantitative estimate of drug-likeness (QED) is 0.615. The molecule has 19 heavy (non-hydrogen) atoms. The zero-order chi connectivity index (χ0) is 14.0. The van der Waals surface area contributed by atoms with Gasteiger partial charge in [-0.3, -0.25) is 10.1 Å². The molecule has 0 amide bonds. The number of nitro groups is 1. The van der Waals surface area contributed by atoms with E-state index < -0.39 is 10.7 Å². The van der Waals surface area contributed by atoms with Crippen LogP contribution in [0.3, 0.4) is 0 Å². The number of halogens is 2. The molecule has 0 aliphatic carbocycles. The lowest BCUT2D eigenvalue weighted by Crippen LogP contribution is -1.95. The molecule has 0 unspecified atom stereocenters. The van der Waals surface area contributed by atoms with Crippen LogP contribution in [0.2, 0.25) is 5.02 Å². The molecular weight excluding hydrogens is 273 g/mol. The van der Waals surface area contributed by atoms with Crippen LogP contribution in [-0.4, -0.2) is 4.92 Å². The molecule has 0 saturated carbocycles. The van der Waals surface area contributed by atoms with Crippen LogP contribution in [0, 0.1) is 22.9 Å². The molecule has 0 aliphatic heterocycles. The molecule has 2 rings (SSSR count). The topological polar surface area (TPSA) is 52.4 Å². The Labute approximate surface area is 113 Å². The van der Waals surface area contributed by atoms with Gasteiger partial charge in [0.1, 0.15) is 16.6 Å². The third-order valence-corrected chi connectivity index (χ3v) is 2.81. The predicted octanol–water partition coefficient (Wildman–Crippen LogP) is 4.49. The first kappa shape index (κ1) is 13.3. The molecule has 6 heteroatoms. The summed E-state index contributed by atoms with van der Waals surface area (Å²) in [6.07, 6.45) is 0. The molecule has 0 bridgehead atoms. The van der Waals surface area contributed by atoms with E-state index in [2.05, 4.69) is 0 Å². The first-order valence-corrected chi connectivity index (χ1v) is 5.73. The maximum atomic E-state index is 13.4. The Morgan fingerprint density at radius 2 is 2.05 bits per heavy atom. The molecule has 2 aromatic rings. The zero-order valence-corrected chi connectivity index (χ0v) is 10.6. The zero-order valence-electron chi connectivity index (χ0n) is 9.89. The van der Waals surface area contributed by atoms with Gasteiger partial charge in [-0.2, -0.15) is 0 Å². The minimum Gasteiger partial charge on any atom is -0.450 e. The lowest BCUT2D eigenvalue weighted by atomic mass is 10.2. The Morgan fingerprint density at radius 3 is 2.68 bits per heavy atom. The molecule has 0 atom stereocenters. The van der Waals surface area contributed by atoms with Crippen LogP contribution in [-0.2, 0) is 0 Å². The van der Waals surface area contributed by atoms with Crippen LogP contribution in [0.5, 0.6) is 11.5 Å². The lowest BCUT2D eigenvalue weighted by Gasteiger charge is -2.07. The van der Waals surface area contributed by atoms with E-state index in [-0.39, 0.29) is 22.2 Å². The number of ether oxygens (including phenoxy) is 1. The minimum absolute atomic E-state index is 0.0271. The van der Waals surface area contributed by atoms with Gasteiger partial charge in [0.05, 0.1) is 4.92 Å². The summed E-state index contributed by atoms with van der Waals surface area (Å²) in [6, 6.07) is 8.54. The monoisotopic (exact) mass is 281 g/mol. The van der Waals surface area contributed by atoms with Crippen molar-refractivity contribution < 1.29 is 14.1 Å². The summed E-state index contributed by atoms with van der Waals surface area (Å²) in [5.74, 6) is -0.295. The summed E-state index contributed by atoms with van der Waals surface area (Å²) in [5, 5.41) is 10.9. The average molecular weight is 282 g/mol. The number of hydrogen-bond donors (Lipinski definition) is 0. The van der Waals surface area contributed by atoms with Crippen molar-refractivity contribution in [1.29, 1.82) is 0 Å². The van der Waals surface area contributed by atoms with Gasteiger partial charge in [0, 0.05) is 6.07 Å². The van der Waals surface area contributed by atoms with Crippen molar-refractivity contribution in [3.05, 3.63) is 62.9 Å². The number of rotatable bonds is 3. The first-order chi connectivity index (χ1) is 8.99. The van der Waals surface area contributed by atoms with Crippen LogP contribution >= 0.6 is 11.6 Å². The molecular formula is C13H9ClFNO3. The van der Waals surface area contributed by atoms with Gasteiger partial charge in [-0.1, -0.05) is 23.7 Å². The SMILES string of the molecule is Cc1ccc(Oc2cccc(Cl)c2[N+](=O)[O-])cc1F. The summed E-state index contributed by atoms with van der Waals surface area (Å²) in [4.78, 5) is 10.3. The average Bonchev–Trinajstić information content (AvgIpc) is 2.33. The molecule has 2 aromatic carbocycles. The number of para-hydroxylation sites is 1. The molecule has 0 aromatic heterocycles. The third kappa shape index (κ3) is 2.82. The van der Waals surface area contributed by atoms with Crippen LogP contribution in [0.4, 0.5) is 10.1 Å². The summed E-state index contributed by atoms with van der Waals surface area (Å²) in [5.41, 5.74) is 0.123. The Hall–Kier alpha value is -2.14. The smallest absolute Gasteiger partial charge is 0.329 e. The van der Waals surface area contributed by atoms with Gasteiger partial charge in [-0.15, -0.1) is 0 Å².